The Balaban J connectivity index is 2.19. The molecule has 1 heterocycles. The van der Waals surface area contributed by atoms with Gasteiger partial charge >= 0.3 is 0 Å². The molecule has 2 aliphatic rings. The van der Waals surface area contributed by atoms with Crippen LogP contribution < -0.4 is 5.32 Å². The van der Waals surface area contributed by atoms with Crippen molar-refractivity contribution in [2.24, 2.45) is 5.41 Å². The predicted molar refractivity (Wildman–Crippen MR) is 60.2 cm³/mol. The van der Waals surface area contributed by atoms with Crippen molar-refractivity contribution in [2.75, 3.05) is 25.4 Å². The van der Waals surface area contributed by atoms with Crippen molar-refractivity contribution in [3.05, 3.63) is 0 Å². The van der Waals surface area contributed by atoms with E-state index in [1.54, 1.807) is 4.31 Å². The molecule has 5 heteroatoms. The normalized spacial score (nSPS) is 31.9. The largest absolute Gasteiger partial charge is 0.315 e. The summed E-state index contributed by atoms with van der Waals surface area (Å²) in [4.78, 5) is 0. The van der Waals surface area contributed by atoms with Crippen LogP contribution in [0.2, 0.25) is 0 Å². The molecule has 0 amide bonds. The van der Waals surface area contributed by atoms with Gasteiger partial charge in [0.25, 0.3) is 0 Å². The lowest BCUT2D eigenvalue weighted by atomic mass is 9.93. The molecule has 0 spiro atoms. The second-order valence-electron chi connectivity index (χ2n) is 5.43. The van der Waals surface area contributed by atoms with E-state index in [-0.39, 0.29) is 11.2 Å². The van der Waals surface area contributed by atoms with E-state index < -0.39 is 10.0 Å². The van der Waals surface area contributed by atoms with Crippen molar-refractivity contribution in [3.8, 4) is 0 Å². The van der Waals surface area contributed by atoms with Crippen LogP contribution in [-0.2, 0) is 10.0 Å². The molecule has 0 atom stereocenters. The molecule has 0 aromatic heterocycles. The zero-order valence-electron chi connectivity index (χ0n) is 9.49. The van der Waals surface area contributed by atoms with Gasteiger partial charge in [-0.1, -0.05) is 13.8 Å². The molecule has 2 fully saturated rings. The zero-order valence-corrected chi connectivity index (χ0v) is 10.3. The standard InChI is InChI=1S/C10H20N2O2S/c1-10(2)7-11-5-6-15(13,14)12(8-10)9-3-4-9/h9,11H,3-8H2,1-2H3. The monoisotopic (exact) mass is 232 g/mol. The first-order valence-corrected chi connectivity index (χ1v) is 7.22. The van der Waals surface area contributed by atoms with Crippen LogP contribution in [0.15, 0.2) is 0 Å². The number of hydrogen-bond acceptors (Lipinski definition) is 3. The molecule has 0 unspecified atom stereocenters. The lowest BCUT2D eigenvalue weighted by Crippen LogP contribution is -2.49. The van der Waals surface area contributed by atoms with Crippen LogP contribution in [0.25, 0.3) is 0 Å². The van der Waals surface area contributed by atoms with Crippen molar-refractivity contribution < 1.29 is 8.42 Å². The summed E-state index contributed by atoms with van der Waals surface area (Å²) in [5, 5.41) is 3.21. The third kappa shape index (κ3) is 2.71. The Kier molecular flexibility index (Phi) is 2.81. The van der Waals surface area contributed by atoms with Crippen LogP contribution in [0.1, 0.15) is 26.7 Å². The van der Waals surface area contributed by atoms with Gasteiger partial charge in [0.2, 0.25) is 10.0 Å². The Morgan fingerprint density at radius 1 is 1.33 bits per heavy atom. The second kappa shape index (κ2) is 3.71. The minimum atomic E-state index is -3.02. The Morgan fingerprint density at radius 2 is 2.00 bits per heavy atom. The average Bonchev–Trinajstić information content (AvgIpc) is 2.90. The van der Waals surface area contributed by atoms with Gasteiger partial charge in [-0.3, -0.25) is 0 Å². The number of nitrogens with one attached hydrogen (secondary N) is 1. The molecule has 0 radical (unpaired) electrons. The Bertz CT molecular complexity index is 333. The highest BCUT2D eigenvalue weighted by Gasteiger charge is 2.40. The fourth-order valence-corrected chi connectivity index (χ4v) is 3.89. The van der Waals surface area contributed by atoms with Crippen LogP contribution in [0.3, 0.4) is 0 Å². The van der Waals surface area contributed by atoms with Crippen molar-refractivity contribution in [2.45, 2.75) is 32.7 Å². The molecule has 1 aliphatic carbocycles. The molecular weight excluding hydrogens is 212 g/mol. The molecule has 1 N–H and O–H groups in total. The van der Waals surface area contributed by atoms with Gasteiger partial charge in [-0.25, -0.2) is 8.42 Å². The predicted octanol–water partition coefficient (Wildman–Crippen LogP) is 0.410. The van der Waals surface area contributed by atoms with Gasteiger partial charge in [0, 0.05) is 25.7 Å². The summed E-state index contributed by atoms with van der Waals surface area (Å²) in [6.45, 7) is 6.38. The summed E-state index contributed by atoms with van der Waals surface area (Å²) in [7, 11) is -3.02. The quantitative estimate of drug-likeness (QED) is 0.712. The maximum absolute atomic E-state index is 12.0. The third-order valence-corrected chi connectivity index (χ3v) is 4.90. The van der Waals surface area contributed by atoms with Gasteiger partial charge in [-0.15, -0.1) is 0 Å². The Labute approximate surface area is 92.1 Å². The summed E-state index contributed by atoms with van der Waals surface area (Å²) < 4.78 is 25.8. The van der Waals surface area contributed by atoms with E-state index in [0.717, 1.165) is 19.4 Å². The molecule has 1 saturated heterocycles. The molecule has 0 aromatic carbocycles. The molecule has 88 valence electrons. The van der Waals surface area contributed by atoms with Crippen LogP contribution in [-0.4, -0.2) is 44.2 Å². The van der Waals surface area contributed by atoms with Gasteiger partial charge in [-0.05, 0) is 18.3 Å². The average molecular weight is 232 g/mol. The van der Waals surface area contributed by atoms with Gasteiger partial charge in [-0.2, -0.15) is 4.31 Å². The molecular formula is C10H20N2O2S. The second-order valence-corrected chi connectivity index (χ2v) is 7.47. The van der Waals surface area contributed by atoms with E-state index in [2.05, 4.69) is 19.2 Å². The Hall–Kier alpha value is -0.130. The highest BCUT2D eigenvalue weighted by Crippen LogP contribution is 2.33. The minimum absolute atomic E-state index is 0.0378. The lowest BCUT2D eigenvalue weighted by Gasteiger charge is -2.34. The first-order valence-electron chi connectivity index (χ1n) is 5.61. The zero-order chi connectivity index (χ0) is 11.1. The fraction of sp³-hybridized carbons (Fsp3) is 1.00. The van der Waals surface area contributed by atoms with Crippen molar-refractivity contribution in [1.29, 1.82) is 0 Å². The van der Waals surface area contributed by atoms with E-state index in [1.165, 1.54) is 0 Å². The minimum Gasteiger partial charge on any atom is -0.315 e. The van der Waals surface area contributed by atoms with Gasteiger partial charge in [0.15, 0.2) is 0 Å². The van der Waals surface area contributed by atoms with Crippen LogP contribution >= 0.6 is 0 Å². The Morgan fingerprint density at radius 3 is 2.60 bits per heavy atom. The number of rotatable bonds is 1. The maximum Gasteiger partial charge on any atom is 0.215 e. The smallest absolute Gasteiger partial charge is 0.215 e. The summed E-state index contributed by atoms with van der Waals surface area (Å²) in [5.74, 6) is 0.250. The first kappa shape index (κ1) is 11.4. The summed E-state index contributed by atoms with van der Waals surface area (Å²) in [6.07, 6.45) is 2.09. The molecule has 15 heavy (non-hydrogen) atoms. The van der Waals surface area contributed by atoms with Gasteiger partial charge < -0.3 is 5.32 Å². The summed E-state index contributed by atoms with van der Waals surface area (Å²) in [5.41, 5.74) is 0.0378. The van der Waals surface area contributed by atoms with E-state index in [1.807, 2.05) is 0 Å². The van der Waals surface area contributed by atoms with E-state index in [0.29, 0.717) is 19.1 Å². The number of hydrogen-bond donors (Lipinski definition) is 1. The maximum atomic E-state index is 12.0. The van der Waals surface area contributed by atoms with Crippen molar-refractivity contribution >= 4 is 10.0 Å². The SMILES string of the molecule is CC1(C)CNCCS(=O)(=O)N(C2CC2)C1. The van der Waals surface area contributed by atoms with E-state index in [4.69, 9.17) is 0 Å². The molecule has 0 aromatic rings. The third-order valence-electron chi connectivity index (χ3n) is 3.04. The highest BCUT2D eigenvalue weighted by atomic mass is 32.2. The molecule has 1 saturated carbocycles. The summed E-state index contributed by atoms with van der Waals surface area (Å²) >= 11 is 0. The van der Waals surface area contributed by atoms with Gasteiger partial charge in [0.1, 0.15) is 0 Å². The van der Waals surface area contributed by atoms with E-state index in [9.17, 15) is 8.42 Å². The first-order chi connectivity index (χ1) is 6.91. The van der Waals surface area contributed by atoms with Crippen LogP contribution in [0.4, 0.5) is 0 Å². The van der Waals surface area contributed by atoms with Crippen molar-refractivity contribution in [3.63, 3.8) is 0 Å². The molecule has 0 bridgehead atoms. The summed E-state index contributed by atoms with van der Waals surface area (Å²) in [6, 6.07) is 0.298. The van der Waals surface area contributed by atoms with Crippen LogP contribution in [0, 0.1) is 5.41 Å². The van der Waals surface area contributed by atoms with Crippen molar-refractivity contribution in [1.82, 2.24) is 9.62 Å². The highest BCUT2D eigenvalue weighted by molar-refractivity contribution is 7.89. The lowest BCUT2D eigenvalue weighted by molar-refractivity contribution is 0.239. The van der Waals surface area contributed by atoms with E-state index >= 15 is 0 Å². The van der Waals surface area contributed by atoms with Gasteiger partial charge in [0.05, 0.1) is 5.75 Å². The topological polar surface area (TPSA) is 49.4 Å². The number of sulfonamides is 1. The molecule has 2 rings (SSSR count). The fourth-order valence-electron chi connectivity index (χ4n) is 2.04. The molecule has 4 nitrogen and oxygen atoms in total. The number of nitrogens with zero attached hydrogens (tertiary/aromatic N) is 1. The van der Waals surface area contributed by atoms with Crippen LogP contribution in [0.5, 0.6) is 0 Å². The molecule has 1 aliphatic heterocycles.